The van der Waals surface area contributed by atoms with Crippen LogP contribution in [0.5, 0.6) is 0 Å². The third kappa shape index (κ3) is 3.69. The van der Waals surface area contributed by atoms with E-state index in [2.05, 4.69) is 169 Å². The molecule has 0 bridgehead atoms. The lowest BCUT2D eigenvalue weighted by Gasteiger charge is -2.34. The molecule has 1 aliphatic carbocycles. The van der Waals surface area contributed by atoms with Gasteiger partial charge in [-0.05, 0) is 86.1 Å². The number of nitrogens with zero attached hydrogens (tertiary/aromatic N) is 3. The van der Waals surface area contributed by atoms with Crippen LogP contribution in [0.2, 0.25) is 0 Å². The summed E-state index contributed by atoms with van der Waals surface area (Å²) in [5.74, 6) is 0.956. The average molecular weight is 662 g/mol. The van der Waals surface area contributed by atoms with Gasteiger partial charge in [-0.15, -0.1) is 0 Å². The highest BCUT2D eigenvalue weighted by molar-refractivity contribution is 6.29. The fourth-order valence-corrected chi connectivity index (χ4v) is 9.56. The molecule has 0 amide bonds. The molecule has 12 rings (SSSR count). The van der Waals surface area contributed by atoms with Crippen LogP contribution in [0.15, 0.2) is 158 Å². The van der Waals surface area contributed by atoms with Crippen LogP contribution in [-0.2, 0) is 0 Å². The van der Waals surface area contributed by atoms with Gasteiger partial charge in [0.2, 0.25) is 0 Å². The second kappa shape index (κ2) is 10.2. The number of hydrogen-bond donors (Lipinski definition) is 0. The summed E-state index contributed by atoms with van der Waals surface area (Å²) in [5, 5.41) is 11.3. The first-order valence-corrected chi connectivity index (χ1v) is 18.2. The van der Waals surface area contributed by atoms with Crippen molar-refractivity contribution in [1.29, 1.82) is 0 Å². The summed E-state index contributed by atoms with van der Waals surface area (Å²) in [6.45, 7) is 2.40. The molecule has 0 fully saturated rings. The lowest BCUT2D eigenvalue weighted by atomic mass is 9.69. The Balaban J connectivity index is 1.24. The molecule has 8 aromatic carbocycles. The van der Waals surface area contributed by atoms with E-state index in [0.717, 1.165) is 28.0 Å². The smallest absolute Gasteiger partial charge is 0.160 e. The molecule has 52 heavy (non-hydrogen) atoms. The monoisotopic (exact) mass is 661 g/mol. The van der Waals surface area contributed by atoms with Crippen LogP contribution in [0.25, 0.3) is 93.1 Å². The van der Waals surface area contributed by atoms with Crippen LogP contribution in [0.3, 0.4) is 0 Å². The molecule has 242 valence electrons. The van der Waals surface area contributed by atoms with Crippen LogP contribution in [-0.4, -0.2) is 14.4 Å². The summed E-state index contributed by atoms with van der Waals surface area (Å²) >= 11 is 0. The zero-order chi connectivity index (χ0) is 34.1. The van der Waals surface area contributed by atoms with Crippen molar-refractivity contribution < 1.29 is 0 Å². The maximum Gasteiger partial charge on any atom is 0.160 e. The van der Waals surface area contributed by atoms with Gasteiger partial charge in [0, 0.05) is 38.4 Å². The van der Waals surface area contributed by atoms with Gasteiger partial charge in [0.25, 0.3) is 0 Å². The molecular formula is C49H31N3. The molecule has 3 nitrogen and oxygen atoms in total. The third-order valence-corrected chi connectivity index (χ3v) is 11.9. The quantitative estimate of drug-likeness (QED) is 0.185. The van der Waals surface area contributed by atoms with E-state index in [1.54, 1.807) is 0 Å². The summed E-state index contributed by atoms with van der Waals surface area (Å²) in [4.78, 5) is 10.8. The Kier molecular flexibility index (Phi) is 5.55. The van der Waals surface area contributed by atoms with Crippen LogP contribution >= 0.6 is 0 Å². The number of rotatable bonds is 2. The molecule has 0 spiro atoms. The maximum atomic E-state index is 5.59. The third-order valence-electron chi connectivity index (χ3n) is 11.9. The predicted molar refractivity (Wildman–Crippen MR) is 217 cm³/mol. The SMILES string of the molecule is CC1c2ccccc2-c2c(cc3c4cc5ccccc5cc4n4c5ccccc5c2c34)C1c1nc(-c2ccc3ccccc3c2)nc2ccccc12. The van der Waals surface area contributed by atoms with Crippen molar-refractivity contribution in [2.45, 2.75) is 18.8 Å². The Labute approximate surface area is 299 Å². The Morgan fingerprint density at radius 2 is 1.19 bits per heavy atom. The van der Waals surface area contributed by atoms with Crippen molar-refractivity contribution >= 4 is 70.5 Å². The first kappa shape index (κ1) is 28.2. The van der Waals surface area contributed by atoms with Gasteiger partial charge >= 0.3 is 0 Å². The first-order chi connectivity index (χ1) is 25.7. The van der Waals surface area contributed by atoms with Crippen molar-refractivity contribution in [3.63, 3.8) is 0 Å². The summed E-state index contributed by atoms with van der Waals surface area (Å²) in [5.41, 5.74) is 12.3. The normalized spacial score (nSPS) is 15.8. The predicted octanol–water partition coefficient (Wildman–Crippen LogP) is 12.7. The number of hydrogen-bond acceptors (Lipinski definition) is 2. The van der Waals surface area contributed by atoms with Crippen molar-refractivity contribution in [3.05, 3.63) is 175 Å². The van der Waals surface area contributed by atoms with Gasteiger partial charge < -0.3 is 4.40 Å². The molecule has 0 radical (unpaired) electrons. The number of fused-ring (bicyclic) bond motifs is 13. The number of benzene rings is 8. The molecule has 1 aliphatic rings. The highest BCUT2D eigenvalue weighted by atomic mass is 14.9. The fourth-order valence-electron chi connectivity index (χ4n) is 9.56. The summed E-state index contributed by atoms with van der Waals surface area (Å²) < 4.78 is 2.52. The second-order valence-electron chi connectivity index (χ2n) is 14.5. The van der Waals surface area contributed by atoms with Gasteiger partial charge in [-0.2, -0.15) is 0 Å². The van der Waals surface area contributed by atoms with E-state index in [4.69, 9.17) is 9.97 Å². The van der Waals surface area contributed by atoms with Gasteiger partial charge in [0.15, 0.2) is 5.82 Å². The molecule has 0 N–H and O–H groups in total. The largest absolute Gasteiger partial charge is 0.308 e. The first-order valence-electron chi connectivity index (χ1n) is 18.2. The van der Waals surface area contributed by atoms with E-state index < -0.39 is 0 Å². The molecule has 2 atom stereocenters. The lowest BCUT2D eigenvalue weighted by Crippen LogP contribution is -2.19. The van der Waals surface area contributed by atoms with Gasteiger partial charge in [0.05, 0.1) is 27.8 Å². The van der Waals surface area contributed by atoms with E-state index >= 15 is 0 Å². The minimum atomic E-state index is 0.00396. The van der Waals surface area contributed by atoms with Crippen LogP contribution in [0.1, 0.15) is 35.6 Å². The van der Waals surface area contributed by atoms with Crippen molar-refractivity contribution in [1.82, 2.24) is 14.4 Å². The van der Waals surface area contributed by atoms with Crippen LogP contribution in [0.4, 0.5) is 0 Å². The standard InChI is InChI=1S/C49H31N3/c1-28-34-16-6-7-17-35(34)45-40(44(28)47-36-18-8-10-20-41(36)50-49(51-47)33-23-22-29-12-2-3-13-30(29)24-33)27-39-38-25-31-14-4-5-15-32(31)26-43(38)52-42-21-11-9-19-37(42)46(45)48(39)52/h2-28,44H,1H3. The van der Waals surface area contributed by atoms with Crippen molar-refractivity contribution in [2.24, 2.45) is 0 Å². The summed E-state index contributed by atoms with van der Waals surface area (Å²) in [6, 6.07) is 57.8. The fraction of sp³-hybridized carbons (Fsp3) is 0.0612. The Morgan fingerprint density at radius 1 is 0.500 bits per heavy atom. The zero-order valence-corrected chi connectivity index (χ0v) is 28.5. The van der Waals surface area contributed by atoms with E-state index in [1.807, 2.05) is 0 Å². The summed E-state index contributed by atoms with van der Waals surface area (Å²) in [6.07, 6.45) is 0. The molecule has 2 unspecified atom stereocenters. The van der Waals surface area contributed by atoms with Gasteiger partial charge in [-0.3, -0.25) is 0 Å². The summed E-state index contributed by atoms with van der Waals surface area (Å²) in [7, 11) is 0. The van der Waals surface area contributed by atoms with E-state index in [0.29, 0.717) is 0 Å². The second-order valence-corrected chi connectivity index (χ2v) is 14.5. The Bertz CT molecular complexity index is 3280. The molecule has 3 heteroatoms. The Morgan fingerprint density at radius 3 is 2.06 bits per heavy atom. The molecule has 3 aromatic heterocycles. The van der Waals surface area contributed by atoms with Crippen molar-refractivity contribution in [2.75, 3.05) is 0 Å². The zero-order valence-electron chi connectivity index (χ0n) is 28.5. The molecule has 0 aliphatic heterocycles. The molecule has 11 aromatic rings. The van der Waals surface area contributed by atoms with Crippen LogP contribution in [0, 0.1) is 0 Å². The molecule has 0 saturated heterocycles. The van der Waals surface area contributed by atoms with E-state index in [1.165, 1.54) is 81.9 Å². The highest BCUT2D eigenvalue weighted by Crippen LogP contribution is 2.56. The van der Waals surface area contributed by atoms with Crippen molar-refractivity contribution in [3.8, 4) is 22.5 Å². The molecule has 3 heterocycles. The Hall–Kier alpha value is -6.58. The number of para-hydroxylation sites is 2. The minimum Gasteiger partial charge on any atom is -0.308 e. The highest BCUT2D eigenvalue weighted by Gasteiger charge is 2.37. The molecular weight excluding hydrogens is 631 g/mol. The maximum absolute atomic E-state index is 5.59. The minimum absolute atomic E-state index is 0.00396. The average Bonchev–Trinajstić information content (AvgIpc) is 3.71. The molecule has 0 saturated carbocycles. The van der Waals surface area contributed by atoms with Crippen LogP contribution < -0.4 is 0 Å². The lowest BCUT2D eigenvalue weighted by molar-refractivity contribution is 0.639. The topological polar surface area (TPSA) is 30.2 Å². The van der Waals surface area contributed by atoms with Gasteiger partial charge in [-0.25, -0.2) is 9.97 Å². The van der Waals surface area contributed by atoms with Gasteiger partial charge in [0.1, 0.15) is 0 Å². The van der Waals surface area contributed by atoms with Gasteiger partial charge in [-0.1, -0.05) is 128 Å². The van der Waals surface area contributed by atoms with E-state index in [-0.39, 0.29) is 11.8 Å². The number of aromatic nitrogens is 3. The van der Waals surface area contributed by atoms with E-state index in [9.17, 15) is 0 Å².